The number of non-ortho nitro benzene ring substituents is 1. The Balaban J connectivity index is 2.12. The molecule has 0 atom stereocenters. The number of anilines is 1. The summed E-state index contributed by atoms with van der Waals surface area (Å²) >= 11 is 0. The van der Waals surface area contributed by atoms with Crippen molar-refractivity contribution in [1.29, 1.82) is 0 Å². The molecule has 0 unspecified atom stereocenters. The number of alkyl halides is 3. The van der Waals surface area contributed by atoms with E-state index in [1.807, 2.05) is 0 Å². The first-order valence-corrected chi connectivity index (χ1v) is 6.32. The molecule has 22 heavy (non-hydrogen) atoms. The van der Waals surface area contributed by atoms with Gasteiger partial charge in [0.25, 0.3) is 5.69 Å². The number of aromatic nitrogens is 2. The van der Waals surface area contributed by atoms with E-state index in [1.165, 1.54) is 24.5 Å². The van der Waals surface area contributed by atoms with Crippen molar-refractivity contribution in [3.63, 3.8) is 0 Å². The molecule has 6 nitrogen and oxygen atoms in total. The Morgan fingerprint density at radius 1 is 1.41 bits per heavy atom. The van der Waals surface area contributed by atoms with E-state index in [4.69, 9.17) is 0 Å². The smallest absolute Gasteiger partial charge is 0.377 e. The van der Waals surface area contributed by atoms with Crippen molar-refractivity contribution in [3.8, 4) is 0 Å². The molecular weight excluding hydrogens is 301 g/mol. The van der Waals surface area contributed by atoms with E-state index in [2.05, 4.69) is 10.3 Å². The number of rotatable bonds is 5. The average Bonchev–Trinajstić information content (AvgIpc) is 2.82. The first-order valence-electron chi connectivity index (χ1n) is 6.32. The van der Waals surface area contributed by atoms with Crippen LogP contribution in [0.3, 0.4) is 0 Å². The molecule has 2 rings (SSSR count). The van der Waals surface area contributed by atoms with E-state index in [0.717, 1.165) is 10.1 Å². The Bertz CT molecular complexity index is 682. The van der Waals surface area contributed by atoms with Gasteiger partial charge in [0, 0.05) is 30.2 Å². The molecule has 1 N–H and O–H groups in total. The quantitative estimate of drug-likeness (QED) is 0.679. The molecule has 0 aliphatic heterocycles. The first kappa shape index (κ1) is 15.8. The molecule has 0 spiro atoms. The van der Waals surface area contributed by atoms with Crippen LogP contribution in [0.15, 0.2) is 30.6 Å². The molecule has 1 aromatic carbocycles. The number of hydrogen-bond donors (Lipinski definition) is 1. The van der Waals surface area contributed by atoms with Crippen LogP contribution in [0.1, 0.15) is 11.4 Å². The minimum atomic E-state index is -4.34. The van der Waals surface area contributed by atoms with Crippen LogP contribution in [0, 0.1) is 17.0 Å². The summed E-state index contributed by atoms with van der Waals surface area (Å²) in [5, 5.41) is 13.6. The lowest BCUT2D eigenvalue weighted by Gasteiger charge is -2.12. The number of nitrogens with zero attached hydrogens (tertiary/aromatic N) is 3. The van der Waals surface area contributed by atoms with Crippen LogP contribution in [-0.2, 0) is 13.1 Å². The molecule has 2 aromatic rings. The predicted octanol–water partition coefficient (Wildman–Crippen LogP) is 3.27. The molecule has 0 fully saturated rings. The molecule has 0 amide bonds. The Kier molecular flexibility index (Phi) is 4.34. The molecule has 0 bridgehead atoms. The molecular formula is C13H13F3N4O2. The number of halogens is 3. The minimum absolute atomic E-state index is 0.0328. The number of imidazole rings is 1. The Hall–Kier alpha value is -2.58. The number of hydrogen-bond acceptors (Lipinski definition) is 4. The third-order valence-corrected chi connectivity index (χ3v) is 3.02. The van der Waals surface area contributed by atoms with E-state index >= 15 is 0 Å². The van der Waals surface area contributed by atoms with E-state index in [-0.39, 0.29) is 18.1 Å². The average molecular weight is 314 g/mol. The van der Waals surface area contributed by atoms with Crippen LogP contribution in [0.5, 0.6) is 0 Å². The van der Waals surface area contributed by atoms with E-state index < -0.39 is 17.6 Å². The summed E-state index contributed by atoms with van der Waals surface area (Å²) in [6.45, 7) is 0.650. The highest BCUT2D eigenvalue weighted by atomic mass is 19.4. The first-order chi connectivity index (χ1) is 10.3. The zero-order valence-electron chi connectivity index (χ0n) is 11.6. The van der Waals surface area contributed by atoms with Crippen LogP contribution >= 0.6 is 0 Å². The van der Waals surface area contributed by atoms with Crippen molar-refractivity contribution in [2.45, 2.75) is 26.2 Å². The fraction of sp³-hybridized carbons (Fsp3) is 0.308. The molecule has 1 aromatic heterocycles. The van der Waals surface area contributed by atoms with Gasteiger partial charge in [-0.25, -0.2) is 4.98 Å². The van der Waals surface area contributed by atoms with Crippen molar-refractivity contribution in [1.82, 2.24) is 9.55 Å². The summed E-state index contributed by atoms with van der Waals surface area (Å²) in [6.07, 6.45) is -1.81. The fourth-order valence-electron chi connectivity index (χ4n) is 1.93. The molecule has 9 heteroatoms. The van der Waals surface area contributed by atoms with Gasteiger partial charge in [0.1, 0.15) is 12.4 Å². The van der Waals surface area contributed by atoms with Gasteiger partial charge in [-0.05, 0) is 12.5 Å². The highest BCUT2D eigenvalue weighted by Gasteiger charge is 2.28. The molecule has 0 radical (unpaired) electrons. The lowest BCUT2D eigenvalue weighted by atomic mass is 10.2. The van der Waals surface area contributed by atoms with Crippen molar-refractivity contribution >= 4 is 11.4 Å². The summed E-state index contributed by atoms with van der Waals surface area (Å²) < 4.78 is 38.3. The fourth-order valence-corrected chi connectivity index (χ4v) is 1.93. The molecule has 0 aliphatic rings. The zero-order valence-corrected chi connectivity index (χ0v) is 11.6. The van der Waals surface area contributed by atoms with Gasteiger partial charge in [0.2, 0.25) is 0 Å². The van der Waals surface area contributed by atoms with E-state index in [9.17, 15) is 23.3 Å². The minimum Gasteiger partial charge on any atom is -0.377 e. The number of aryl methyl sites for hydroxylation is 1. The molecule has 1 heterocycles. The van der Waals surface area contributed by atoms with Crippen LogP contribution in [0.25, 0.3) is 0 Å². The Morgan fingerprint density at radius 3 is 2.77 bits per heavy atom. The van der Waals surface area contributed by atoms with Crippen LogP contribution < -0.4 is 5.32 Å². The Morgan fingerprint density at radius 2 is 2.14 bits per heavy atom. The van der Waals surface area contributed by atoms with Gasteiger partial charge in [-0.15, -0.1) is 0 Å². The van der Waals surface area contributed by atoms with Gasteiger partial charge in [0.15, 0.2) is 0 Å². The highest BCUT2D eigenvalue weighted by molar-refractivity contribution is 5.56. The summed E-state index contributed by atoms with van der Waals surface area (Å²) in [7, 11) is 0. The van der Waals surface area contributed by atoms with Gasteiger partial charge in [-0.2, -0.15) is 13.2 Å². The maximum absolute atomic E-state index is 12.4. The zero-order chi connectivity index (χ0) is 16.3. The summed E-state index contributed by atoms with van der Waals surface area (Å²) in [4.78, 5) is 14.1. The molecule has 118 valence electrons. The summed E-state index contributed by atoms with van der Waals surface area (Å²) in [5.74, 6) is 0.197. The van der Waals surface area contributed by atoms with Gasteiger partial charge in [0.05, 0.1) is 11.5 Å². The third-order valence-electron chi connectivity index (χ3n) is 3.02. The van der Waals surface area contributed by atoms with Crippen LogP contribution in [0.4, 0.5) is 24.5 Å². The van der Waals surface area contributed by atoms with Gasteiger partial charge < -0.3 is 9.88 Å². The second-order valence-corrected chi connectivity index (χ2v) is 4.70. The Labute approximate surface area is 123 Å². The van der Waals surface area contributed by atoms with Crippen LogP contribution in [0.2, 0.25) is 0 Å². The topological polar surface area (TPSA) is 73.0 Å². The number of nitro groups is 1. The molecule has 0 saturated heterocycles. The van der Waals surface area contributed by atoms with Crippen LogP contribution in [-0.4, -0.2) is 20.7 Å². The molecule has 0 aliphatic carbocycles. The van der Waals surface area contributed by atoms with E-state index in [1.54, 1.807) is 13.0 Å². The van der Waals surface area contributed by atoms with Gasteiger partial charge >= 0.3 is 6.18 Å². The van der Waals surface area contributed by atoms with Crippen molar-refractivity contribution in [3.05, 3.63) is 52.1 Å². The standard InChI is InChI=1S/C13H13F3N4O2/c1-9-2-3-10(20(21)22)6-11(9)18-7-12-17-4-5-19(12)8-13(14,15)16/h2-6,18H,7-8H2,1H3. The lowest BCUT2D eigenvalue weighted by Crippen LogP contribution is -2.20. The number of nitro benzene ring substituents is 1. The maximum Gasteiger partial charge on any atom is 0.406 e. The van der Waals surface area contributed by atoms with Crippen molar-refractivity contribution in [2.75, 3.05) is 5.32 Å². The van der Waals surface area contributed by atoms with Gasteiger partial charge in [-0.3, -0.25) is 10.1 Å². The second-order valence-electron chi connectivity index (χ2n) is 4.70. The lowest BCUT2D eigenvalue weighted by molar-refractivity contribution is -0.384. The summed E-state index contributed by atoms with van der Waals surface area (Å²) in [5.41, 5.74) is 1.14. The normalized spacial score (nSPS) is 11.5. The van der Waals surface area contributed by atoms with Gasteiger partial charge in [-0.1, -0.05) is 6.07 Å². The number of nitrogens with one attached hydrogen (secondary N) is 1. The number of benzene rings is 1. The molecule has 0 saturated carbocycles. The predicted molar refractivity (Wildman–Crippen MR) is 73.4 cm³/mol. The second kappa shape index (κ2) is 6.04. The maximum atomic E-state index is 12.4. The monoisotopic (exact) mass is 314 g/mol. The van der Waals surface area contributed by atoms with E-state index in [0.29, 0.717) is 5.69 Å². The largest absolute Gasteiger partial charge is 0.406 e. The highest BCUT2D eigenvalue weighted by Crippen LogP contribution is 2.23. The third kappa shape index (κ3) is 3.96. The van der Waals surface area contributed by atoms with Crippen molar-refractivity contribution < 1.29 is 18.1 Å². The van der Waals surface area contributed by atoms with Crippen molar-refractivity contribution in [2.24, 2.45) is 0 Å². The summed E-state index contributed by atoms with van der Waals surface area (Å²) in [6, 6.07) is 4.28. The SMILES string of the molecule is Cc1ccc([N+](=O)[O-])cc1NCc1nccn1CC(F)(F)F.